The monoisotopic (exact) mass is 543 g/mol. The van der Waals surface area contributed by atoms with Crippen molar-refractivity contribution in [2.75, 3.05) is 42.2 Å². The van der Waals surface area contributed by atoms with Crippen molar-refractivity contribution < 1.29 is 8.78 Å². The Morgan fingerprint density at radius 3 is 2.46 bits per heavy atom. The predicted molar refractivity (Wildman–Crippen MR) is 148 cm³/mol. The van der Waals surface area contributed by atoms with E-state index in [9.17, 15) is 14.0 Å². The van der Waals surface area contributed by atoms with Crippen LogP contribution in [0.4, 0.5) is 20.3 Å². The van der Waals surface area contributed by atoms with Gasteiger partial charge in [-0.25, -0.2) is 18.3 Å². The maximum atomic E-state index is 13.6. The first-order chi connectivity index (χ1) is 18.9. The van der Waals surface area contributed by atoms with Gasteiger partial charge in [0.15, 0.2) is 0 Å². The van der Waals surface area contributed by atoms with E-state index in [0.717, 1.165) is 36.6 Å². The zero-order valence-corrected chi connectivity index (χ0v) is 22.3. The number of pyridine rings is 2. The van der Waals surface area contributed by atoms with E-state index in [4.69, 9.17) is 4.98 Å². The molecule has 0 radical (unpaired) electrons. The predicted octanol–water partition coefficient (Wildman–Crippen LogP) is 4.91. The second-order valence-electron chi connectivity index (χ2n) is 10.7. The molecule has 4 aliphatic rings. The number of rotatable bonds is 6. The number of nitriles is 1. The third-order valence-electron chi connectivity index (χ3n) is 8.18. The first kappa shape index (κ1) is 24.4. The van der Waals surface area contributed by atoms with Gasteiger partial charge in [-0.15, -0.1) is 11.8 Å². The summed E-state index contributed by atoms with van der Waals surface area (Å²) in [6.45, 7) is 2.22. The molecule has 10 heteroatoms. The molecule has 2 bridgehead atoms. The molecule has 4 aromatic rings. The fourth-order valence-corrected chi connectivity index (χ4v) is 6.49. The number of anilines is 2. The normalized spacial score (nSPS) is 21.9. The Bertz CT molecular complexity index is 1560. The minimum Gasteiger partial charge on any atom is -0.358 e. The van der Waals surface area contributed by atoms with Crippen LogP contribution in [0.2, 0.25) is 0 Å². The summed E-state index contributed by atoms with van der Waals surface area (Å²) in [5, 5.41) is 14.0. The highest BCUT2D eigenvalue weighted by molar-refractivity contribution is 7.98. The van der Waals surface area contributed by atoms with Crippen LogP contribution in [-0.2, 0) is 6.54 Å². The van der Waals surface area contributed by atoms with E-state index < -0.39 is 5.92 Å². The quantitative estimate of drug-likeness (QED) is 0.320. The highest BCUT2D eigenvalue weighted by Crippen LogP contribution is 2.38. The van der Waals surface area contributed by atoms with Crippen LogP contribution in [0.1, 0.15) is 17.5 Å². The van der Waals surface area contributed by atoms with Gasteiger partial charge in [0, 0.05) is 53.9 Å². The average Bonchev–Trinajstić information content (AvgIpc) is 3.38. The second kappa shape index (κ2) is 9.21. The van der Waals surface area contributed by atoms with Crippen LogP contribution in [0.25, 0.3) is 16.6 Å². The molecule has 0 aliphatic carbocycles. The molecule has 4 fully saturated rings. The number of thioether (sulfide) groups is 1. The van der Waals surface area contributed by atoms with Crippen LogP contribution in [0, 0.1) is 11.3 Å². The molecule has 1 aromatic carbocycles. The molecule has 39 heavy (non-hydrogen) atoms. The number of aromatic nitrogens is 3. The van der Waals surface area contributed by atoms with Crippen molar-refractivity contribution in [1.82, 2.24) is 19.5 Å². The molecule has 3 aromatic heterocycles. The SMILES string of the molecule is CSc1ccc(CN2C3CC2CN(c2ccc(-c4cc(N5CC(F)(F)C5)cn5ncc(C#N)c45)cn2)C3)cc1. The third kappa shape index (κ3) is 4.30. The van der Waals surface area contributed by atoms with Gasteiger partial charge >= 0.3 is 0 Å². The largest absolute Gasteiger partial charge is 0.358 e. The minimum atomic E-state index is -2.68. The Hall–Kier alpha value is -3.68. The van der Waals surface area contributed by atoms with Crippen molar-refractivity contribution in [3.8, 4) is 17.2 Å². The number of piperazine rings is 1. The molecular formula is C29H27F2N7S. The molecule has 0 N–H and O–H groups in total. The average molecular weight is 544 g/mol. The van der Waals surface area contributed by atoms with Gasteiger partial charge in [0.25, 0.3) is 5.92 Å². The number of benzene rings is 1. The Morgan fingerprint density at radius 2 is 1.82 bits per heavy atom. The van der Waals surface area contributed by atoms with Crippen LogP contribution in [0.15, 0.2) is 66.0 Å². The Kier molecular flexibility index (Phi) is 5.75. The van der Waals surface area contributed by atoms with E-state index in [-0.39, 0.29) is 13.1 Å². The number of hydrogen-bond donors (Lipinski definition) is 0. The molecule has 0 spiro atoms. The van der Waals surface area contributed by atoms with Crippen molar-refractivity contribution in [2.24, 2.45) is 0 Å². The van der Waals surface area contributed by atoms with E-state index in [2.05, 4.69) is 51.5 Å². The lowest BCUT2D eigenvalue weighted by Gasteiger charge is -2.56. The van der Waals surface area contributed by atoms with Gasteiger partial charge in [0.05, 0.1) is 42.3 Å². The lowest BCUT2D eigenvalue weighted by molar-refractivity contribution is -0.0263. The van der Waals surface area contributed by atoms with Crippen LogP contribution >= 0.6 is 11.8 Å². The van der Waals surface area contributed by atoms with Gasteiger partial charge in [0.1, 0.15) is 11.9 Å². The molecule has 0 saturated carbocycles. The van der Waals surface area contributed by atoms with Gasteiger partial charge in [0.2, 0.25) is 0 Å². The summed E-state index contributed by atoms with van der Waals surface area (Å²) in [7, 11) is 0. The number of piperidine rings is 1. The number of hydrogen-bond acceptors (Lipinski definition) is 7. The molecule has 0 amide bonds. The smallest absolute Gasteiger partial charge is 0.282 e. The van der Waals surface area contributed by atoms with Crippen molar-refractivity contribution in [3.05, 3.63) is 72.2 Å². The van der Waals surface area contributed by atoms with Crippen molar-refractivity contribution in [3.63, 3.8) is 0 Å². The highest BCUT2D eigenvalue weighted by Gasteiger charge is 2.45. The van der Waals surface area contributed by atoms with Crippen LogP contribution < -0.4 is 9.80 Å². The number of alkyl halides is 2. The third-order valence-corrected chi connectivity index (χ3v) is 8.92. The molecule has 2 unspecified atom stereocenters. The Labute approximate surface area is 229 Å². The lowest BCUT2D eigenvalue weighted by Crippen LogP contribution is -2.68. The summed E-state index contributed by atoms with van der Waals surface area (Å²) in [6.07, 6.45) is 8.35. The summed E-state index contributed by atoms with van der Waals surface area (Å²) in [4.78, 5) is 12.7. The molecule has 2 atom stereocenters. The fraction of sp³-hybridized carbons (Fsp3) is 0.345. The topological polar surface area (TPSA) is 63.7 Å². The summed E-state index contributed by atoms with van der Waals surface area (Å²) in [5.74, 6) is -1.75. The fourth-order valence-electron chi connectivity index (χ4n) is 6.08. The van der Waals surface area contributed by atoms with Gasteiger partial charge < -0.3 is 9.80 Å². The van der Waals surface area contributed by atoms with E-state index in [0.29, 0.717) is 28.9 Å². The van der Waals surface area contributed by atoms with Gasteiger partial charge in [-0.2, -0.15) is 10.4 Å². The van der Waals surface area contributed by atoms with E-state index in [1.54, 1.807) is 27.4 Å². The van der Waals surface area contributed by atoms with Gasteiger partial charge in [-0.3, -0.25) is 4.90 Å². The van der Waals surface area contributed by atoms with Crippen molar-refractivity contribution >= 4 is 28.8 Å². The number of nitrogens with zero attached hydrogens (tertiary/aromatic N) is 7. The lowest BCUT2D eigenvalue weighted by atomic mass is 9.86. The Balaban J connectivity index is 1.10. The summed E-state index contributed by atoms with van der Waals surface area (Å²) >= 11 is 1.76. The van der Waals surface area contributed by atoms with E-state index in [1.165, 1.54) is 23.1 Å². The maximum absolute atomic E-state index is 13.6. The summed E-state index contributed by atoms with van der Waals surface area (Å²) in [5.41, 5.74) is 4.69. The second-order valence-corrected chi connectivity index (χ2v) is 11.5. The first-order valence-electron chi connectivity index (χ1n) is 13.0. The van der Waals surface area contributed by atoms with Crippen molar-refractivity contribution in [1.29, 1.82) is 5.26 Å². The van der Waals surface area contributed by atoms with Crippen LogP contribution in [0.5, 0.6) is 0 Å². The maximum Gasteiger partial charge on any atom is 0.282 e. The van der Waals surface area contributed by atoms with Gasteiger partial charge in [-0.05, 0) is 48.6 Å². The summed E-state index contributed by atoms with van der Waals surface area (Å²) < 4.78 is 28.7. The minimum absolute atomic E-state index is 0.320. The molecule has 4 saturated heterocycles. The summed E-state index contributed by atoms with van der Waals surface area (Å²) in [6, 6.07) is 18.0. The zero-order valence-electron chi connectivity index (χ0n) is 21.5. The van der Waals surface area contributed by atoms with E-state index >= 15 is 0 Å². The van der Waals surface area contributed by atoms with Crippen LogP contribution in [0.3, 0.4) is 0 Å². The molecular weight excluding hydrogens is 516 g/mol. The molecule has 7 nitrogen and oxygen atoms in total. The van der Waals surface area contributed by atoms with Crippen molar-refractivity contribution in [2.45, 2.75) is 35.9 Å². The number of fused-ring (bicyclic) bond motifs is 3. The molecule has 7 heterocycles. The molecule has 4 aliphatic heterocycles. The van der Waals surface area contributed by atoms with Crippen LogP contribution in [-0.4, -0.2) is 69.9 Å². The zero-order chi connectivity index (χ0) is 26.7. The number of halogens is 2. The van der Waals surface area contributed by atoms with Gasteiger partial charge in [-0.1, -0.05) is 12.1 Å². The molecule has 198 valence electrons. The highest BCUT2D eigenvalue weighted by atomic mass is 32.2. The Morgan fingerprint density at radius 1 is 1.05 bits per heavy atom. The van der Waals surface area contributed by atoms with E-state index in [1.807, 2.05) is 24.4 Å². The molecule has 8 rings (SSSR count). The standard InChI is InChI=1S/C29H27F2N7S/c1-39-25-5-2-19(3-6-25)13-37-23-8-24(37)15-35(14-23)27-7-4-20(11-33-27)26-9-22(36-17-29(30,31)18-36)16-38-28(26)21(10-32)12-34-38/h2-7,9,11-12,16,23-24H,8,13-15,17-18H2,1H3. The first-order valence-corrected chi connectivity index (χ1v) is 14.3.